The summed E-state index contributed by atoms with van der Waals surface area (Å²) in [7, 11) is -2.01. The largest absolute Gasteiger partial charge is 0.469 e. The fraction of sp³-hybridized carbons (Fsp3) is 0.462. The van der Waals surface area contributed by atoms with Gasteiger partial charge in [-0.15, -0.1) is 0 Å². The van der Waals surface area contributed by atoms with Crippen LogP contribution in [0.1, 0.15) is 24.0 Å². The Labute approximate surface area is 113 Å². The second-order valence-electron chi connectivity index (χ2n) is 4.53. The van der Waals surface area contributed by atoms with Gasteiger partial charge in [-0.3, -0.25) is 4.79 Å². The van der Waals surface area contributed by atoms with Crippen LogP contribution in [0.4, 0.5) is 0 Å². The monoisotopic (exact) mass is 283 g/mol. The Hall–Kier alpha value is -1.40. The van der Waals surface area contributed by atoms with E-state index < -0.39 is 10.0 Å². The summed E-state index contributed by atoms with van der Waals surface area (Å²) in [6.45, 7) is 0.855. The van der Waals surface area contributed by atoms with Gasteiger partial charge in [0, 0.05) is 19.5 Å². The molecule has 1 aliphatic rings. The van der Waals surface area contributed by atoms with Crippen LogP contribution in [0.25, 0.3) is 0 Å². The summed E-state index contributed by atoms with van der Waals surface area (Å²) >= 11 is 0. The van der Waals surface area contributed by atoms with Gasteiger partial charge in [-0.25, -0.2) is 8.42 Å². The minimum atomic E-state index is -3.31. The van der Waals surface area contributed by atoms with Crippen molar-refractivity contribution in [3.63, 3.8) is 0 Å². The number of ether oxygens (including phenoxy) is 1. The van der Waals surface area contributed by atoms with Gasteiger partial charge in [-0.05, 0) is 17.5 Å². The molecule has 1 aromatic carbocycles. The third-order valence-corrected chi connectivity index (χ3v) is 5.07. The Morgan fingerprint density at radius 2 is 1.84 bits per heavy atom. The molecule has 0 N–H and O–H groups in total. The fourth-order valence-electron chi connectivity index (χ4n) is 2.13. The van der Waals surface area contributed by atoms with Gasteiger partial charge in [-0.2, -0.15) is 4.31 Å². The highest BCUT2D eigenvalue weighted by molar-refractivity contribution is 7.89. The van der Waals surface area contributed by atoms with Gasteiger partial charge in [0.2, 0.25) is 10.0 Å². The molecule has 0 fully saturated rings. The van der Waals surface area contributed by atoms with Crippen molar-refractivity contribution in [1.29, 1.82) is 0 Å². The van der Waals surface area contributed by atoms with E-state index in [9.17, 15) is 13.2 Å². The Kier molecular flexibility index (Phi) is 4.21. The number of sulfonamides is 1. The maximum absolute atomic E-state index is 12.1. The van der Waals surface area contributed by atoms with Gasteiger partial charge < -0.3 is 4.74 Å². The van der Waals surface area contributed by atoms with Gasteiger partial charge >= 0.3 is 5.97 Å². The average molecular weight is 283 g/mol. The molecule has 0 bridgehead atoms. The summed E-state index contributed by atoms with van der Waals surface area (Å²) in [5, 5.41) is 0. The van der Waals surface area contributed by atoms with Crippen molar-refractivity contribution in [2.24, 2.45) is 0 Å². The van der Waals surface area contributed by atoms with Crippen LogP contribution in [0.3, 0.4) is 0 Å². The zero-order valence-electron chi connectivity index (χ0n) is 10.8. The number of benzene rings is 1. The van der Waals surface area contributed by atoms with E-state index in [0.29, 0.717) is 19.5 Å². The number of hydrogen-bond acceptors (Lipinski definition) is 4. The van der Waals surface area contributed by atoms with Crippen molar-refractivity contribution in [3.8, 4) is 0 Å². The predicted octanol–water partition coefficient (Wildman–Crippen LogP) is 1.29. The minimum Gasteiger partial charge on any atom is -0.469 e. The molecule has 5 nitrogen and oxygen atoms in total. The van der Waals surface area contributed by atoms with Crippen molar-refractivity contribution >= 4 is 16.0 Å². The molecule has 104 valence electrons. The fourth-order valence-corrected chi connectivity index (χ4v) is 3.57. The lowest BCUT2D eigenvalue weighted by Crippen LogP contribution is -2.28. The van der Waals surface area contributed by atoms with Gasteiger partial charge in [0.25, 0.3) is 0 Å². The molecule has 0 amide bonds. The summed E-state index contributed by atoms with van der Waals surface area (Å²) in [5.41, 5.74) is 2.11. The standard InChI is InChI=1S/C13H17NO4S/c1-18-13(15)7-4-8-19(16,17)14-9-11-5-2-3-6-12(11)10-14/h2-3,5-6H,4,7-10H2,1H3. The van der Waals surface area contributed by atoms with Crippen molar-refractivity contribution in [1.82, 2.24) is 4.31 Å². The van der Waals surface area contributed by atoms with E-state index in [-0.39, 0.29) is 18.1 Å². The van der Waals surface area contributed by atoms with E-state index >= 15 is 0 Å². The van der Waals surface area contributed by atoms with Crippen molar-refractivity contribution in [2.75, 3.05) is 12.9 Å². The molecular weight excluding hydrogens is 266 g/mol. The lowest BCUT2D eigenvalue weighted by molar-refractivity contribution is -0.140. The third kappa shape index (κ3) is 3.33. The summed E-state index contributed by atoms with van der Waals surface area (Å²) in [6.07, 6.45) is 0.429. The molecule has 0 aliphatic carbocycles. The van der Waals surface area contributed by atoms with Gasteiger partial charge in [-0.1, -0.05) is 24.3 Å². The van der Waals surface area contributed by atoms with Crippen molar-refractivity contribution < 1.29 is 17.9 Å². The lowest BCUT2D eigenvalue weighted by Gasteiger charge is -2.15. The normalized spacial score (nSPS) is 15.2. The maximum Gasteiger partial charge on any atom is 0.305 e. The molecule has 0 atom stereocenters. The predicted molar refractivity (Wildman–Crippen MR) is 70.7 cm³/mol. The number of esters is 1. The number of rotatable bonds is 5. The van der Waals surface area contributed by atoms with E-state index in [0.717, 1.165) is 11.1 Å². The highest BCUT2D eigenvalue weighted by Crippen LogP contribution is 2.25. The Morgan fingerprint density at radius 3 is 2.37 bits per heavy atom. The summed E-state index contributed by atoms with van der Waals surface area (Å²) in [5.74, 6) is -0.393. The van der Waals surface area contributed by atoms with Crippen LogP contribution < -0.4 is 0 Å². The molecule has 0 spiro atoms. The maximum atomic E-state index is 12.1. The van der Waals surface area contributed by atoms with E-state index in [1.807, 2.05) is 24.3 Å². The molecule has 1 aromatic rings. The first-order valence-corrected chi connectivity index (χ1v) is 7.75. The van der Waals surface area contributed by atoms with Crippen molar-refractivity contribution in [2.45, 2.75) is 25.9 Å². The SMILES string of the molecule is COC(=O)CCCS(=O)(=O)N1Cc2ccccc2C1. The van der Waals surface area contributed by atoms with Crippen LogP contribution in [-0.4, -0.2) is 31.6 Å². The number of nitrogens with zero attached hydrogens (tertiary/aromatic N) is 1. The lowest BCUT2D eigenvalue weighted by atomic mass is 10.1. The van der Waals surface area contributed by atoms with Crippen molar-refractivity contribution in [3.05, 3.63) is 35.4 Å². The van der Waals surface area contributed by atoms with Crippen LogP contribution in [0.2, 0.25) is 0 Å². The first-order valence-electron chi connectivity index (χ1n) is 6.14. The molecule has 0 saturated heterocycles. The second kappa shape index (κ2) is 5.71. The minimum absolute atomic E-state index is 0.0178. The van der Waals surface area contributed by atoms with E-state index in [1.54, 1.807) is 0 Å². The zero-order valence-corrected chi connectivity index (χ0v) is 11.6. The van der Waals surface area contributed by atoms with Crippen LogP contribution in [-0.2, 0) is 32.6 Å². The molecule has 0 aromatic heterocycles. The molecule has 1 aliphatic heterocycles. The number of fused-ring (bicyclic) bond motifs is 1. The summed E-state index contributed by atoms with van der Waals surface area (Å²) in [6, 6.07) is 7.71. The topological polar surface area (TPSA) is 63.7 Å². The molecule has 0 saturated carbocycles. The molecular formula is C13H17NO4S. The number of methoxy groups -OCH3 is 1. The molecule has 2 rings (SSSR count). The highest BCUT2D eigenvalue weighted by atomic mass is 32.2. The quantitative estimate of drug-likeness (QED) is 0.764. The van der Waals surface area contributed by atoms with Crippen LogP contribution >= 0.6 is 0 Å². The van der Waals surface area contributed by atoms with E-state index in [4.69, 9.17) is 0 Å². The Balaban J connectivity index is 1.94. The number of hydrogen-bond donors (Lipinski definition) is 0. The van der Waals surface area contributed by atoms with E-state index in [2.05, 4.69) is 4.74 Å². The third-order valence-electron chi connectivity index (χ3n) is 3.22. The Morgan fingerprint density at radius 1 is 1.26 bits per heavy atom. The highest BCUT2D eigenvalue weighted by Gasteiger charge is 2.28. The molecule has 19 heavy (non-hydrogen) atoms. The second-order valence-corrected chi connectivity index (χ2v) is 6.62. The summed E-state index contributed by atoms with van der Waals surface area (Å²) in [4.78, 5) is 11.0. The van der Waals surface area contributed by atoms with Crippen LogP contribution in [0.5, 0.6) is 0 Å². The number of carbonyl (C=O) groups is 1. The van der Waals surface area contributed by atoms with Crippen LogP contribution in [0.15, 0.2) is 24.3 Å². The number of carbonyl (C=O) groups excluding carboxylic acids is 1. The van der Waals surface area contributed by atoms with Gasteiger partial charge in [0.1, 0.15) is 0 Å². The van der Waals surface area contributed by atoms with E-state index in [1.165, 1.54) is 11.4 Å². The Bertz CT molecular complexity index is 543. The first-order chi connectivity index (χ1) is 9.03. The first kappa shape index (κ1) is 14.0. The molecule has 6 heteroatoms. The zero-order chi connectivity index (χ0) is 13.9. The average Bonchev–Trinajstić information content (AvgIpc) is 2.83. The smallest absolute Gasteiger partial charge is 0.305 e. The molecule has 0 unspecified atom stereocenters. The van der Waals surface area contributed by atoms with Gasteiger partial charge in [0.05, 0.1) is 12.9 Å². The van der Waals surface area contributed by atoms with Gasteiger partial charge in [0.15, 0.2) is 0 Å². The van der Waals surface area contributed by atoms with Crippen LogP contribution in [0, 0.1) is 0 Å². The molecule has 1 heterocycles. The molecule has 0 radical (unpaired) electrons. The summed E-state index contributed by atoms with van der Waals surface area (Å²) < 4.78 is 30.3.